The minimum absolute atomic E-state index is 0.0802. The van der Waals surface area contributed by atoms with Crippen LogP contribution in [-0.4, -0.2) is 46.6 Å². The highest BCUT2D eigenvalue weighted by atomic mass is 16.5. The third kappa shape index (κ3) is 5.87. The van der Waals surface area contributed by atoms with Gasteiger partial charge in [-0.2, -0.15) is 0 Å². The van der Waals surface area contributed by atoms with Gasteiger partial charge in [-0.1, -0.05) is 48.4 Å². The van der Waals surface area contributed by atoms with Crippen LogP contribution in [0.15, 0.2) is 72.8 Å². The zero-order valence-electron chi connectivity index (χ0n) is 22.2. The number of anilines is 1. The van der Waals surface area contributed by atoms with Crippen LogP contribution < -0.4 is 19.7 Å². The van der Waals surface area contributed by atoms with Crippen molar-refractivity contribution in [3.05, 3.63) is 78.4 Å². The second-order valence-corrected chi connectivity index (χ2v) is 9.60. The van der Waals surface area contributed by atoms with Crippen LogP contribution in [0.4, 0.5) is 5.69 Å². The number of ether oxygens (including phenoxy) is 2. The number of fused-ring (bicyclic) bond motifs is 1. The van der Waals surface area contributed by atoms with Crippen LogP contribution in [0.1, 0.15) is 44.2 Å². The van der Waals surface area contributed by atoms with Crippen molar-refractivity contribution in [2.45, 2.75) is 51.2 Å². The van der Waals surface area contributed by atoms with E-state index in [0.29, 0.717) is 34.9 Å². The Kier molecular flexibility index (Phi) is 8.05. The Balaban J connectivity index is 1.60. The monoisotopic (exact) mass is 527 g/mol. The van der Waals surface area contributed by atoms with Crippen molar-refractivity contribution >= 4 is 28.5 Å². The number of para-hydroxylation sites is 1. The van der Waals surface area contributed by atoms with E-state index in [0.717, 1.165) is 31.2 Å². The molecule has 5 rings (SSSR count). The van der Waals surface area contributed by atoms with E-state index in [-0.39, 0.29) is 24.4 Å². The summed E-state index contributed by atoms with van der Waals surface area (Å²) in [6.07, 6.45) is 4.00. The second kappa shape index (κ2) is 12.0. The van der Waals surface area contributed by atoms with Crippen LogP contribution in [-0.2, 0) is 16.1 Å². The first kappa shape index (κ1) is 26.2. The van der Waals surface area contributed by atoms with E-state index in [9.17, 15) is 9.59 Å². The first-order chi connectivity index (χ1) is 19.1. The van der Waals surface area contributed by atoms with Crippen LogP contribution in [0.25, 0.3) is 11.0 Å². The van der Waals surface area contributed by atoms with Crippen molar-refractivity contribution in [2.75, 3.05) is 18.6 Å². The molecule has 4 aromatic rings. The lowest BCUT2D eigenvalue weighted by Crippen LogP contribution is -2.47. The molecule has 1 N–H and O–H groups in total. The lowest BCUT2D eigenvalue weighted by molar-refractivity contribution is -0.127. The molecule has 1 fully saturated rings. The summed E-state index contributed by atoms with van der Waals surface area (Å²) in [5.41, 5.74) is 2.62. The second-order valence-electron chi connectivity index (χ2n) is 9.60. The average Bonchev–Trinajstić information content (AvgIpc) is 3.62. The topological polar surface area (TPSA) is 98.6 Å². The van der Waals surface area contributed by atoms with Crippen molar-refractivity contribution in [2.24, 2.45) is 0 Å². The summed E-state index contributed by atoms with van der Waals surface area (Å²) in [7, 11) is 1.58. The van der Waals surface area contributed by atoms with Crippen molar-refractivity contribution < 1.29 is 19.1 Å². The quantitative estimate of drug-likeness (QED) is 0.322. The molecule has 1 atom stereocenters. The number of rotatable bonds is 10. The molecule has 1 saturated carbocycles. The van der Waals surface area contributed by atoms with Gasteiger partial charge in [-0.15, -0.1) is 5.10 Å². The van der Waals surface area contributed by atoms with E-state index in [1.807, 2.05) is 67.6 Å². The number of hydrogen-bond acceptors (Lipinski definition) is 6. The number of amides is 2. The Morgan fingerprint density at radius 2 is 1.79 bits per heavy atom. The zero-order valence-corrected chi connectivity index (χ0v) is 22.2. The summed E-state index contributed by atoms with van der Waals surface area (Å²) in [5.74, 6) is 0.658. The lowest BCUT2D eigenvalue weighted by atomic mass is 10.0. The number of carbonyl (C=O) groups is 2. The highest BCUT2D eigenvalue weighted by molar-refractivity contribution is 6.01. The summed E-state index contributed by atoms with van der Waals surface area (Å²) in [5, 5.41) is 11.6. The molecule has 9 nitrogen and oxygen atoms in total. The van der Waals surface area contributed by atoms with Crippen molar-refractivity contribution in [1.29, 1.82) is 0 Å². The van der Waals surface area contributed by atoms with Gasteiger partial charge in [0.1, 0.15) is 29.6 Å². The number of aromatic nitrogens is 3. The summed E-state index contributed by atoms with van der Waals surface area (Å²) in [6, 6.07) is 21.2. The molecule has 1 heterocycles. The Morgan fingerprint density at radius 1 is 1.03 bits per heavy atom. The van der Waals surface area contributed by atoms with Crippen LogP contribution in [0.5, 0.6) is 11.5 Å². The number of hydrogen-bond donors (Lipinski definition) is 1. The van der Waals surface area contributed by atoms with Gasteiger partial charge < -0.3 is 14.8 Å². The number of benzene rings is 3. The highest BCUT2D eigenvalue weighted by Gasteiger charge is 2.35. The van der Waals surface area contributed by atoms with Gasteiger partial charge in [-0.3, -0.25) is 14.5 Å². The molecule has 1 aliphatic rings. The van der Waals surface area contributed by atoms with Gasteiger partial charge in [-0.25, -0.2) is 4.68 Å². The molecule has 0 unspecified atom stereocenters. The summed E-state index contributed by atoms with van der Waals surface area (Å²) in [4.78, 5) is 29.8. The van der Waals surface area contributed by atoms with E-state index in [2.05, 4.69) is 15.6 Å². The summed E-state index contributed by atoms with van der Waals surface area (Å²) in [6.45, 7) is 2.28. The summed E-state index contributed by atoms with van der Waals surface area (Å²) < 4.78 is 12.8. The number of nitrogens with zero attached hydrogens (tertiary/aromatic N) is 4. The molecule has 0 radical (unpaired) electrons. The van der Waals surface area contributed by atoms with E-state index in [4.69, 9.17) is 9.47 Å². The van der Waals surface area contributed by atoms with E-state index in [1.165, 1.54) is 4.90 Å². The summed E-state index contributed by atoms with van der Waals surface area (Å²) >= 11 is 0. The standard InChI is InChI=1S/C30H33N5O4/c1-3-39-25-15-9-13-23(19-25)35(28(36)20-34-27-17-7-6-16-26(27)32-33-34)29(21-10-8-14-24(18-21)38-2)30(37)31-22-11-4-5-12-22/h6-10,13-19,22,29H,3-5,11-12,20H2,1-2H3,(H,31,37)/t29-/m1/s1. The Morgan fingerprint density at radius 3 is 2.59 bits per heavy atom. The minimum atomic E-state index is -0.945. The first-order valence-corrected chi connectivity index (χ1v) is 13.3. The van der Waals surface area contributed by atoms with Crippen molar-refractivity contribution in [1.82, 2.24) is 20.3 Å². The molecule has 9 heteroatoms. The van der Waals surface area contributed by atoms with Crippen LogP contribution in [0, 0.1) is 0 Å². The molecule has 202 valence electrons. The maximum atomic E-state index is 14.2. The smallest absolute Gasteiger partial charge is 0.249 e. The van der Waals surface area contributed by atoms with E-state index < -0.39 is 6.04 Å². The molecule has 0 saturated heterocycles. The normalized spacial score (nSPS) is 14.2. The maximum absolute atomic E-state index is 14.2. The third-order valence-electron chi connectivity index (χ3n) is 7.00. The van der Waals surface area contributed by atoms with Crippen molar-refractivity contribution in [3.63, 3.8) is 0 Å². The van der Waals surface area contributed by atoms with Gasteiger partial charge in [0.25, 0.3) is 0 Å². The van der Waals surface area contributed by atoms with Crippen LogP contribution in [0.2, 0.25) is 0 Å². The van der Waals surface area contributed by atoms with Gasteiger partial charge in [0.05, 0.1) is 19.2 Å². The van der Waals surface area contributed by atoms with Gasteiger partial charge in [0.2, 0.25) is 11.8 Å². The molecule has 1 aliphatic carbocycles. The fourth-order valence-electron chi connectivity index (χ4n) is 5.14. The fourth-order valence-corrected chi connectivity index (χ4v) is 5.14. The number of carbonyl (C=O) groups excluding carboxylic acids is 2. The Bertz CT molecular complexity index is 1450. The molecule has 2 amide bonds. The average molecular weight is 528 g/mol. The molecule has 3 aromatic carbocycles. The van der Waals surface area contributed by atoms with Crippen molar-refractivity contribution in [3.8, 4) is 11.5 Å². The minimum Gasteiger partial charge on any atom is -0.497 e. The first-order valence-electron chi connectivity index (χ1n) is 13.3. The van der Waals surface area contributed by atoms with Gasteiger partial charge >= 0.3 is 0 Å². The Labute approximate surface area is 227 Å². The lowest BCUT2D eigenvalue weighted by Gasteiger charge is -2.32. The maximum Gasteiger partial charge on any atom is 0.249 e. The van der Waals surface area contributed by atoms with Crippen LogP contribution >= 0.6 is 0 Å². The number of nitrogens with one attached hydrogen (secondary N) is 1. The number of methoxy groups -OCH3 is 1. The highest BCUT2D eigenvalue weighted by Crippen LogP contribution is 2.33. The molecule has 0 spiro atoms. The van der Waals surface area contributed by atoms with Gasteiger partial charge in [-0.05, 0) is 61.7 Å². The Hall–Kier alpha value is -4.40. The predicted molar refractivity (Wildman–Crippen MR) is 149 cm³/mol. The fraction of sp³-hybridized carbons (Fsp3) is 0.333. The van der Waals surface area contributed by atoms with E-state index >= 15 is 0 Å². The van der Waals surface area contributed by atoms with Gasteiger partial charge in [0, 0.05) is 17.8 Å². The third-order valence-corrected chi connectivity index (χ3v) is 7.00. The predicted octanol–water partition coefficient (Wildman–Crippen LogP) is 4.67. The van der Waals surface area contributed by atoms with Gasteiger partial charge in [0.15, 0.2) is 0 Å². The molecular formula is C30H33N5O4. The van der Waals surface area contributed by atoms with E-state index in [1.54, 1.807) is 23.9 Å². The molecular weight excluding hydrogens is 494 g/mol. The zero-order chi connectivity index (χ0) is 27.2. The van der Waals surface area contributed by atoms with Crippen LogP contribution in [0.3, 0.4) is 0 Å². The SMILES string of the molecule is CCOc1cccc(N(C(=O)Cn2nnc3ccccc32)[C@@H](C(=O)NC2CCCC2)c2cccc(OC)c2)c1. The molecule has 0 bridgehead atoms. The largest absolute Gasteiger partial charge is 0.497 e. The molecule has 1 aromatic heterocycles. The molecule has 39 heavy (non-hydrogen) atoms. The molecule has 0 aliphatic heterocycles.